The molecule has 0 bridgehead atoms. The molecule has 2 N–H and O–H groups in total. The molecule has 126 valence electrons. The molecule has 0 saturated carbocycles. The van der Waals surface area contributed by atoms with Crippen molar-refractivity contribution >= 4 is 17.9 Å². The maximum Gasteiger partial charge on any atom is 0.416 e. The number of halogens is 3. The highest BCUT2D eigenvalue weighted by atomic mass is 19.4. The molecule has 0 amide bonds. The molecule has 23 heavy (non-hydrogen) atoms. The minimum absolute atomic E-state index is 0.0658. The monoisotopic (exact) mass is 334 g/mol. The fourth-order valence-corrected chi connectivity index (χ4v) is 1.77. The van der Waals surface area contributed by atoms with E-state index in [4.69, 9.17) is 5.73 Å². The fourth-order valence-electron chi connectivity index (χ4n) is 1.77. The third kappa shape index (κ3) is 5.33. The Labute approximate surface area is 128 Å². The number of aldehydes is 1. The van der Waals surface area contributed by atoms with E-state index in [9.17, 15) is 32.9 Å². The second kappa shape index (κ2) is 7.68. The van der Waals surface area contributed by atoms with Crippen molar-refractivity contribution < 1.29 is 32.4 Å². The first kappa shape index (κ1) is 18.6. The lowest BCUT2D eigenvalue weighted by Gasteiger charge is -2.12. The summed E-state index contributed by atoms with van der Waals surface area (Å²) in [4.78, 5) is 31.8. The SMILES string of the molecule is NCC(=O)OCC(C=O)Cc1ccc(C(F)(F)F)cc1[N+](=O)[O-]. The van der Waals surface area contributed by atoms with Gasteiger partial charge in [-0.2, -0.15) is 13.2 Å². The van der Waals surface area contributed by atoms with Crippen LogP contribution in [-0.4, -0.2) is 30.3 Å². The van der Waals surface area contributed by atoms with Gasteiger partial charge in [-0.25, -0.2) is 0 Å². The number of esters is 1. The van der Waals surface area contributed by atoms with Gasteiger partial charge in [0.05, 0.1) is 22.9 Å². The second-order valence-corrected chi connectivity index (χ2v) is 4.59. The molecule has 0 fully saturated rings. The van der Waals surface area contributed by atoms with Crippen LogP contribution >= 0.6 is 0 Å². The molecule has 0 aliphatic heterocycles. The Morgan fingerprint density at radius 3 is 2.57 bits per heavy atom. The Bertz CT molecular complexity index is 604. The number of benzene rings is 1. The summed E-state index contributed by atoms with van der Waals surface area (Å²) in [6, 6.07) is 2.03. The second-order valence-electron chi connectivity index (χ2n) is 4.59. The molecule has 0 spiro atoms. The van der Waals surface area contributed by atoms with E-state index in [0.29, 0.717) is 18.4 Å². The number of rotatable bonds is 7. The van der Waals surface area contributed by atoms with Crippen molar-refractivity contribution in [3.05, 3.63) is 39.4 Å². The van der Waals surface area contributed by atoms with Gasteiger partial charge in [0.1, 0.15) is 12.9 Å². The van der Waals surface area contributed by atoms with E-state index in [0.717, 1.165) is 6.07 Å². The number of nitrogens with two attached hydrogens (primary N) is 1. The van der Waals surface area contributed by atoms with Gasteiger partial charge in [0.25, 0.3) is 5.69 Å². The smallest absolute Gasteiger partial charge is 0.416 e. The van der Waals surface area contributed by atoms with Crippen molar-refractivity contribution in [2.24, 2.45) is 11.7 Å². The van der Waals surface area contributed by atoms with Crippen LogP contribution in [0.2, 0.25) is 0 Å². The first-order valence-corrected chi connectivity index (χ1v) is 6.34. The summed E-state index contributed by atoms with van der Waals surface area (Å²) in [5.41, 5.74) is 3.03. The lowest BCUT2D eigenvalue weighted by Crippen LogP contribution is -2.22. The number of hydrogen-bond donors (Lipinski definition) is 1. The largest absolute Gasteiger partial charge is 0.464 e. The van der Waals surface area contributed by atoms with Crippen molar-refractivity contribution in [2.75, 3.05) is 13.2 Å². The summed E-state index contributed by atoms with van der Waals surface area (Å²) < 4.78 is 42.4. The first-order valence-electron chi connectivity index (χ1n) is 6.34. The first-order chi connectivity index (χ1) is 10.7. The van der Waals surface area contributed by atoms with Gasteiger partial charge in [-0.1, -0.05) is 6.07 Å². The molecule has 1 aromatic rings. The number of nitrogens with zero attached hydrogens (tertiary/aromatic N) is 1. The number of nitro groups is 1. The molecule has 0 aliphatic rings. The van der Waals surface area contributed by atoms with E-state index in [-0.39, 0.29) is 18.6 Å². The van der Waals surface area contributed by atoms with E-state index in [1.165, 1.54) is 0 Å². The number of nitro benzene ring substituents is 1. The van der Waals surface area contributed by atoms with Crippen molar-refractivity contribution in [3.63, 3.8) is 0 Å². The van der Waals surface area contributed by atoms with Crippen LogP contribution in [0.4, 0.5) is 18.9 Å². The van der Waals surface area contributed by atoms with Crippen LogP contribution in [-0.2, 0) is 26.9 Å². The molecule has 1 atom stereocenters. The minimum Gasteiger partial charge on any atom is -0.464 e. The number of alkyl halides is 3. The predicted molar refractivity (Wildman–Crippen MR) is 71.4 cm³/mol. The van der Waals surface area contributed by atoms with E-state index in [2.05, 4.69) is 4.74 Å². The Hall–Kier alpha value is -2.49. The maximum atomic E-state index is 12.6. The van der Waals surface area contributed by atoms with Gasteiger partial charge in [0, 0.05) is 11.6 Å². The highest BCUT2D eigenvalue weighted by Gasteiger charge is 2.33. The number of ether oxygens (including phenoxy) is 1. The van der Waals surface area contributed by atoms with Crippen LogP contribution in [0.1, 0.15) is 11.1 Å². The summed E-state index contributed by atoms with van der Waals surface area (Å²) in [7, 11) is 0. The number of hydrogen-bond acceptors (Lipinski definition) is 6. The van der Waals surface area contributed by atoms with E-state index in [1.807, 2.05) is 0 Å². The number of carbonyl (C=O) groups is 2. The van der Waals surface area contributed by atoms with Crippen molar-refractivity contribution in [1.82, 2.24) is 0 Å². The molecule has 0 aliphatic carbocycles. The fraction of sp³-hybridized carbons (Fsp3) is 0.385. The Balaban J connectivity index is 3.00. The summed E-state index contributed by atoms with van der Waals surface area (Å²) >= 11 is 0. The van der Waals surface area contributed by atoms with Gasteiger partial charge in [-0.15, -0.1) is 0 Å². The van der Waals surface area contributed by atoms with Gasteiger partial charge in [0.2, 0.25) is 0 Å². The molecule has 7 nitrogen and oxygen atoms in total. The Kier molecular flexibility index (Phi) is 6.19. The van der Waals surface area contributed by atoms with E-state index < -0.39 is 40.8 Å². The third-order valence-electron chi connectivity index (χ3n) is 2.91. The van der Waals surface area contributed by atoms with Crippen molar-refractivity contribution in [3.8, 4) is 0 Å². The summed E-state index contributed by atoms with van der Waals surface area (Å²) in [6.07, 6.45) is -4.55. The maximum absolute atomic E-state index is 12.6. The Morgan fingerprint density at radius 2 is 2.09 bits per heavy atom. The van der Waals surface area contributed by atoms with Gasteiger partial charge in [0.15, 0.2) is 0 Å². The van der Waals surface area contributed by atoms with Crippen molar-refractivity contribution in [2.45, 2.75) is 12.6 Å². The molecule has 1 aromatic carbocycles. The van der Waals surface area contributed by atoms with Crippen molar-refractivity contribution in [1.29, 1.82) is 0 Å². The zero-order valence-corrected chi connectivity index (χ0v) is 11.7. The molecule has 10 heteroatoms. The van der Waals surface area contributed by atoms with Crippen LogP contribution in [0.3, 0.4) is 0 Å². The average Bonchev–Trinajstić information content (AvgIpc) is 2.49. The standard InChI is InChI=1S/C13H13F3N2O5/c14-13(15,16)10-2-1-9(11(4-10)18(21)22)3-8(6-19)7-23-12(20)5-17/h1-2,4,6,8H,3,5,7,17H2. The molecule has 0 radical (unpaired) electrons. The van der Waals surface area contributed by atoms with Crippen LogP contribution in [0.5, 0.6) is 0 Å². The predicted octanol–water partition coefficient (Wildman–Crippen LogP) is 1.47. The molecule has 1 rings (SSSR count). The van der Waals surface area contributed by atoms with Gasteiger partial charge in [-0.3, -0.25) is 14.9 Å². The quantitative estimate of drug-likeness (QED) is 0.350. The summed E-state index contributed by atoms with van der Waals surface area (Å²) in [5, 5.41) is 10.9. The Morgan fingerprint density at radius 1 is 1.43 bits per heavy atom. The van der Waals surface area contributed by atoms with Crippen LogP contribution in [0.15, 0.2) is 18.2 Å². The zero-order valence-electron chi connectivity index (χ0n) is 11.7. The van der Waals surface area contributed by atoms with Crippen LogP contribution in [0.25, 0.3) is 0 Å². The van der Waals surface area contributed by atoms with Gasteiger partial charge >= 0.3 is 12.1 Å². The molecular weight excluding hydrogens is 321 g/mol. The number of carbonyl (C=O) groups excluding carboxylic acids is 2. The van der Waals surface area contributed by atoms with E-state index >= 15 is 0 Å². The van der Waals surface area contributed by atoms with E-state index in [1.54, 1.807) is 0 Å². The average molecular weight is 334 g/mol. The summed E-state index contributed by atoms with van der Waals surface area (Å²) in [6.45, 7) is -0.760. The lowest BCUT2D eigenvalue weighted by atomic mass is 9.98. The van der Waals surface area contributed by atoms with Gasteiger partial charge < -0.3 is 15.3 Å². The molecule has 0 aromatic heterocycles. The van der Waals surface area contributed by atoms with Crippen LogP contribution < -0.4 is 5.73 Å². The zero-order chi connectivity index (χ0) is 17.6. The normalized spacial score (nSPS) is 12.5. The highest BCUT2D eigenvalue weighted by molar-refractivity contribution is 5.71. The molecule has 1 unspecified atom stereocenters. The molecule has 0 heterocycles. The molecular formula is C13H13F3N2O5. The van der Waals surface area contributed by atoms with Gasteiger partial charge in [-0.05, 0) is 12.5 Å². The third-order valence-corrected chi connectivity index (χ3v) is 2.91. The lowest BCUT2D eigenvalue weighted by molar-refractivity contribution is -0.385. The summed E-state index contributed by atoms with van der Waals surface area (Å²) in [5.74, 6) is -1.69. The molecule has 0 saturated heterocycles. The minimum atomic E-state index is -4.72. The van der Waals surface area contributed by atoms with Crippen LogP contribution in [0, 0.1) is 16.0 Å². The highest BCUT2D eigenvalue weighted by Crippen LogP contribution is 2.33. The topological polar surface area (TPSA) is 113 Å².